The van der Waals surface area contributed by atoms with Gasteiger partial charge in [0.15, 0.2) is 0 Å². The topological polar surface area (TPSA) is 57.5 Å². The van der Waals surface area contributed by atoms with E-state index in [2.05, 4.69) is 22.9 Å². The number of aromatic hydroxyl groups is 1. The van der Waals surface area contributed by atoms with Crippen molar-refractivity contribution in [2.45, 2.75) is 96.8 Å². The largest absolute Gasteiger partial charge is 0.507 e. The summed E-state index contributed by atoms with van der Waals surface area (Å²) in [6.07, 6.45) is 17.5. The lowest BCUT2D eigenvalue weighted by atomic mass is 9.99. The number of unbranched alkanes of at least 4 members (excludes halogenated alkanes) is 12. The molecule has 0 aliphatic heterocycles. The van der Waals surface area contributed by atoms with Gasteiger partial charge >= 0.3 is 5.97 Å². The minimum atomic E-state index is -1.06. The Morgan fingerprint density at radius 2 is 1.31 bits per heavy atom. The van der Waals surface area contributed by atoms with E-state index in [1.165, 1.54) is 76.7 Å². The van der Waals surface area contributed by atoms with Gasteiger partial charge in [0, 0.05) is 4.47 Å². The van der Waals surface area contributed by atoms with Crippen LogP contribution in [0.4, 0.5) is 0 Å². The highest BCUT2D eigenvalue weighted by Crippen LogP contribution is 2.30. The molecule has 0 fully saturated rings. The second-order valence-corrected chi connectivity index (χ2v) is 8.07. The van der Waals surface area contributed by atoms with Crippen molar-refractivity contribution in [3.05, 3.63) is 27.7 Å². The Balaban J connectivity index is 2.10. The normalized spacial score (nSPS) is 11.0. The van der Waals surface area contributed by atoms with Gasteiger partial charge in [-0.05, 0) is 30.5 Å². The van der Waals surface area contributed by atoms with E-state index in [1.54, 1.807) is 6.07 Å². The van der Waals surface area contributed by atoms with Crippen molar-refractivity contribution in [2.75, 3.05) is 0 Å². The van der Waals surface area contributed by atoms with Crippen LogP contribution in [0.3, 0.4) is 0 Å². The summed E-state index contributed by atoms with van der Waals surface area (Å²) in [6.45, 7) is 2.26. The number of benzene rings is 1. The molecule has 0 spiro atoms. The molecule has 4 heteroatoms. The molecule has 1 rings (SSSR count). The standard InChI is InChI=1S/C22H35BrO3/c1-2-3-4-5-6-7-8-9-10-11-12-13-14-15-18-19(23)16-17-20(24)21(18)22(25)26/h16-17,24H,2-15H2,1H3,(H,25,26). The van der Waals surface area contributed by atoms with Crippen LogP contribution in [0.2, 0.25) is 0 Å². The Morgan fingerprint density at radius 3 is 1.77 bits per heavy atom. The summed E-state index contributed by atoms with van der Waals surface area (Å²) in [5.74, 6) is -1.21. The Hall–Kier alpha value is -1.03. The van der Waals surface area contributed by atoms with E-state index >= 15 is 0 Å². The zero-order valence-corrected chi connectivity index (χ0v) is 17.8. The quantitative estimate of drug-likeness (QED) is 0.285. The van der Waals surface area contributed by atoms with Gasteiger partial charge < -0.3 is 10.2 Å². The molecule has 1 aromatic rings. The molecule has 0 aliphatic rings. The summed E-state index contributed by atoms with van der Waals surface area (Å²) < 4.78 is 0.770. The molecule has 0 aliphatic carbocycles. The van der Waals surface area contributed by atoms with Gasteiger partial charge in [-0.1, -0.05) is 99.9 Å². The molecule has 0 saturated carbocycles. The van der Waals surface area contributed by atoms with E-state index in [4.69, 9.17) is 0 Å². The molecule has 0 saturated heterocycles. The van der Waals surface area contributed by atoms with Crippen molar-refractivity contribution in [1.82, 2.24) is 0 Å². The second-order valence-electron chi connectivity index (χ2n) is 7.22. The monoisotopic (exact) mass is 426 g/mol. The number of aromatic carboxylic acids is 1. The number of rotatable bonds is 15. The number of halogens is 1. The van der Waals surface area contributed by atoms with Crippen LogP contribution in [0.25, 0.3) is 0 Å². The highest BCUT2D eigenvalue weighted by Gasteiger charge is 2.17. The summed E-state index contributed by atoms with van der Waals surface area (Å²) in [7, 11) is 0. The van der Waals surface area contributed by atoms with Crippen LogP contribution in [0.1, 0.15) is 106 Å². The fourth-order valence-corrected chi connectivity index (χ4v) is 3.94. The van der Waals surface area contributed by atoms with Gasteiger partial charge in [-0.2, -0.15) is 0 Å². The predicted octanol–water partition coefficient (Wildman–Crippen LogP) is 7.49. The Bertz CT molecular complexity index is 528. The van der Waals surface area contributed by atoms with E-state index in [0.29, 0.717) is 12.0 Å². The number of hydrogen-bond acceptors (Lipinski definition) is 2. The lowest BCUT2D eigenvalue weighted by Gasteiger charge is -2.10. The van der Waals surface area contributed by atoms with Crippen LogP contribution >= 0.6 is 15.9 Å². The van der Waals surface area contributed by atoms with E-state index < -0.39 is 5.97 Å². The van der Waals surface area contributed by atoms with Gasteiger partial charge in [-0.15, -0.1) is 0 Å². The number of phenols is 1. The van der Waals surface area contributed by atoms with Crippen LogP contribution in [0.15, 0.2) is 16.6 Å². The first kappa shape index (κ1) is 23.0. The maximum Gasteiger partial charge on any atom is 0.339 e. The number of carboxylic acid groups (broad SMARTS) is 1. The van der Waals surface area contributed by atoms with Crippen molar-refractivity contribution < 1.29 is 15.0 Å². The molecule has 2 N–H and O–H groups in total. The Morgan fingerprint density at radius 1 is 0.846 bits per heavy atom. The SMILES string of the molecule is CCCCCCCCCCCCCCCc1c(Br)ccc(O)c1C(=O)O. The van der Waals surface area contributed by atoms with Crippen molar-refractivity contribution in [2.24, 2.45) is 0 Å². The highest BCUT2D eigenvalue weighted by molar-refractivity contribution is 9.10. The van der Waals surface area contributed by atoms with Gasteiger partial charge in [0.1, 0.15) is 11.3 Å². The maximum atomic E-state index is 11.3. The number of carboxylic acids is 1. The van der Waals surface area contributed by atoms with Crippen molar-refractivity contribution in [3.63, 3.8) is 0 Å². The molecule has 0 aromatic heterocycles. The fourth-order valence-electron chi connectivity index (χ4n) is 3.41. The minimum absolute atomic E-state index is 0.0401. The lowest BCUT2D eigenvalue weighted by Crippen LogP contribution is -2.04. The van der Waals surface area contributed by atoms with E-state index in [0.717, 1.165) is 17.3 Å². The molecule has 148 valence electrons. The third-order valence-corrected chi connectivity index (χ3v) is 5.72. The van der Waals surface area contributed by atoms with Crippen molar-refractivity contribution >= 4 is 21.9 Å². The molecular weight excluding hydrogens is 392 g/mol. The molecule has 0 bridgehead atoms. The average Bonchev–Trinajstić information content (AvgIpc) is 2.61. The first-order chi connectivity index (χ1) is 12.6. The summed E-state index contributed by atoms with van der Waals surface area (Å²) >= 11 is 3.41. The Labute approximate surface area is 167 Å². The van der Waals surface area contributed by atoms with Gasteiger partial charge in [0.05, 0.1) is 0 Å². The molecule has 3 nitrogen and oxygen atoms in total. The summed E-state index contributed by atoms with van der Waals surface area (Å²) in [6, 6.07) is 3.15. The third-order valence-electron chi connectivity index (χ3n) is 4.98. The molecule has 0 heterocycles. The van der Waals surface area contributed by atoms with Crippen LogP contribution in [-0.2, 0) is 6.42 Å². The zero-order chi connectivity index (χ0) is 19.2. The lowest BCUT2D eigenvalue weighted by molar-refractivity contribution is 0.0692. The van der Waals surface area contributed by atoms with Gasteiger partial charge in [0.25, 0.3) is 0 Å². The summed E-state index contributed by atoms with van der Waals surface area (Å²) in [4.78, 5) is 11.3. The van der Waals surface area contributed by atoms with Gasteiger partial charge in [-0.25, -0.2) is 4.79 Å². The zero-order valence-electron chi connectivity index (χ0n) is 16.2. The van der Waals surface area contributed by atoms with Crippen molar-refractivity contribution in [3.8, 4) is 5.75 Å². The van der Waals surface area contributed by atoms with E-state index in [-0.39, 0.29) is 11.3 Å². The van der Waals surface area contributed by atoms with Gasteiger partial charge in [0.2, 0.25) is 0 Å². The molecule has 0 atom stereocenters. The molecule has 1 aromatic carbocycles. The molecule has 0 amide bonds. The molecule has 26 heavy (non-hydrogen) atoms. The van der Waals surface area contributed by atoms with Crippen LogP contribution in [-0.4, -0.2) is 16.2 Å². The summed E-state index contributed by atoms with van der Waals surface area (Å²) in [5.41, 5.74) is 0.749. The first-order valence-corrected chi connectivity index (χ1v) is 11.1. The van der Waals surface area contributed by atoms with Gasteiger partial charge in [-0.3, -0.25) is 0 Å². The molecular formula is C22H35BrO3. The molecule has 0 unspecified atom stereocenters. The van der Waals surface area contributed by atoms with Crippen molar-refractivity contribution in [1.29, 1.82) is 0 Å². The smallest absolute Gasteiger partial charge is 0.339 e. The third kappa shape index (κ3) is 9.07. The number of hydrogen-bond donors (Lipinski definition) is 2. The predicted molar refractivity (Wildman–Crippen MR) is 112 cm³/mol. The summed E-state index contributed by atoms with van der Waals surface area (Å²) in [5, 5.41) is 19.1. The average molecular weight is 427 g/mol. The van der Waals surface area contributed by atoms with E-state index in [9.17, 15) is 15.0 Å². The maximum absolute atomic E-state index is 11.3. The van der Waals surface area contributed by atoms with E-state index in [1.807, 2.05) is 0 Å². The Kier molecular flexibility index (Phi) is 12.5. The number of carbonyl (C=O) groups is 1. The minimum Gasteiger partial charge on any atom is -0.507 e. The highest BCUT2D eigenvalue weighted by atomic mass is 79.9. The first-order valence-electron chi connectivity index (χ1n) is 10.3. The fraction of sp³-hybridized carbons (Fsp3) is 0.682. The van der Waals surface area contributed by atoms with Crippen LogP contribution in [0.5, 0.6) is 5.75 Å². The second kappa shape index (κ2) is 14.1. The van der Waals surface area contributed by atoms with Crippen LogP contribution in [0, 0.1) is 0 Å². The van der Waals surface area contributed by atoms with Crippen LogP contribution < -0.4 is 0 Å². The molecule has 0 radical (unpaired) electrons.